The number of anilines is 1. The van der Waals surface area contributed by atoms with Crippen molar-refractivity contribution < 1.29 is 24.2 Å². The van der Waals surface area contributed by atoms with Crippen LogP contribution < -0.4 is 15.0 Å². The third-order valence-corrected chi connectivity index (χ3v) is 5.85. The summed E-state index contributed by atoms with van der Waals surface area (Å²) in [7, 11) is 0. The Balaban J connectivity index is 1.63. The van der Waals surface area contributed by atoms with E-state index >= 15 is 0 Å². The summed E-state index contributed by atoms with van der Waals surface area (Å²) in [5.41, 5.74) is 0.266. The van der Waals surface area contributed by atoms with E-state index in [0.29, 0.717) is 22.1 Å². The van der Waals surface area contributed by atoms with Crippen molar-refractivity contribution in [2.75, 3.05) is 4.90 Å². The Kier molecular flexibility index (Phi) is 5.85. The highest BCUT2D eigenvalue weighted by molar-refractivity contribution is 7.80. The van der Waals surface area contributed by atoms with Crippen molar-refractivity contribution in [3.8, 4) is 11.5 Å². The van der Waals surface area contributed by atoms with Crippen LogP contribution in [0.25, 0.3) is 6.08 Å². The van der Waals surface area contributed by atoms with Crippen LogP contribution in [0.4, 0.5) is 5.69 Å². The van der Waals surface area contributed by atoms with Gasteiger partial charge in [0.1, 0.15) is 17.1 Å². The summed E-state index contributed by atoms with van der Waals surface area (Å²) < 4.78 is 5.76. The molecule has 9 heteroatoms. The molecular formula is C23H16N2O5S2. The summed E-state index contributed by atoms with van der Waals surface area (Å²) in [6, 6.07) is 17.4. The van der Waals surface area contributed by atoms with Crippen LogP contribution >= 0.6 is 23.6 Å². The maximum Gasteiger partial charge on any atom is 0.337 e. The number of thiophene rings is 1. The lowest BCUT2D eigenvalue weighted by Crippen LogP contribution is -2.54. The van der Waals surface area contributed by atoms with Crippen LogP contribution in [0.1, 0.15) is 20.1 Å². The minimum absolute atomic E-state index is 0.0303. The number of carbonyl (C=O) groups is 3. The Morgan fingerprint density at radius 2 is 1.75 bits per heavy atom. The van der Waals surface area contributed by atoms with Crippen LogP contribution in [0.2, 0.25) is 0 Å². The number of nitrogens with zero attached hydrogens (tertiary/aromatic N) is 1. The second kappa shape index (κ2) is 8.74. The largest absolute Gasteiger partial charge is 0.478 e. The van der Waals surface area contributed by atoms with Crippen molar-refractivity contribution >= 4 is 58.2 Å². The average molecular weight is 465 g/mol. The Hall–Kier alpha value is -3.82. The highest BCUT2D eigenvalue weighted by atomic mass is 32.1. The van der Waals surface area contributed by atoms with E-state index in [2.05, 4.69) is 5.32 Å². The van der Waals surface area contributed by atoms with Gasteiger partial charge in [-0.3, -0.25) is 19.8 Å². The quantitative estimate of drug-likeness (QED) is 0.331. The van der Waals surface area contributed by atoms with Gasteiger partial charge in [-0.05, 0) is 67.7 Å². The molecule has 0 spiro atoms. The fourth-order valence-corrected chi connectivity index (χ4v) is 4.36. The van der Waals surface area contributed by atoms with E-state index in [9.17, 15) is 19.5 Å². The molecule has 1 aliphatic heterocycles. The van der Waals surface area contributed by atoms with Crippen molar-refractivity contribution in [2.45, 2.75) is 6.92 Å². The molecular weight excluding hydrogens is 448 g/mol. The smallest absolute Gasteiger partial charge is 0.337 e. The molecule has 160 valence electrons. The monoisotopic (exact) mass is 464 g/mol. The molecule has 1 aliphatic rings. The molecule has 2 N–H and O–H groups in total. The van der Waals surface area contributed by atoms with Crippen LogP contribution in [-0.2, 0) is 9.59 Å². The molecule has 0 atom stereocenters. The zero-order chi connectivity index (χ0) is 22.8. The lowest BCUT2D eigenvalue weighted by Gasteiger charge is -2.29. The van der Waals surface area contributed by atoms with Crippen molar-refractivity contribution in [2.24, 2.45) is 0 Å². The number of carboxylic acids is 1. The fraction of sp³-hybridized carbons (Fsp3) is 0.0435. The molecule has 1 saturated heterocycles. The Morgan fingerprint density at radius 3 is 2.41 bits per heavy atom. The number of aryl methyl sites for hydroxylation is 1. The first kappa shape index (κ1) is 21.4. The van der Waals surface area contributed by atoms with Gasteiger partial charge in [-0.25, -0.2) is 4.79 Å². The van der Waals surface area contributed by atoms with E-state index < -0.39 is 17.8 Å². The van der Waals surface area contributed by atoms with E-state index in [-0.39, 0.29) is 16.2 Å². The third-order valence-electron chi connectivity index (χ3n) is 4.57. The zero-order valence-corrected chi connectivity index (χ0v) is 18.3. The molecule has 1 aromatic heterocycles. The molecule has 2 amide bonds. The summed E-state index contributed by atoms with van der Waals surface area (Å²) in [5, 5.41) is 11.8. The second-order valence-electron chi connectivity index (χ2n) is 6.81. The first-order valence-electron chi connectivity index (χ1n) is 9.41. The number of carboxylic acid groups (broad SMARTS) is 1. The normalized spacial score (nSPS) is 15.1. The van der Waals surface area contributed by atoms with Gasteiger partial charge in [0, 0.05) is 9.75 Å². The second-order valence-corrected chi connectivity index (χ2v) is 8.48. The Labute approximate surface area is 192 Å². The fourth-order valence-electron chi connectivity index (χ4n) is 3.12. The summed E-state index contributed by atoms with van der Waals surface area (Å²) in [5.74, 6) is -1.22. The van der Waals surface area contributed by atoms with Gasteiger partial charge >= 0.3 is 5.97 Å². The Bertz CT molecular complexity index is 1260. The number of para-hydroxylation sites is 1. The molecule has 0 radical (unpaired) electrons. The van der Waals surface area contributed by atoms with Crippen molar-refractivity contribution in [1.29, 1.82) is 0 Å². The lowest BCUT2D eigenvalue weighted by atomic mass is 10.1. The van der Waals surface area contributed by atoms with Gasteiger partial charge in [0.25, 0.3) is 11.8 Å². The van der Waals surface area contributed by atoms with Crippen LogP contribution in [-0.4, -0.2) is 28.0 Å². The molecule has 0 unspecified atom stereocenters. The molecule has 0 aliphatic carbocycles. The number of nitrogens with one attached hydrogen (secondary N) is 1. The molecule has 1 fully saturated rings. The van der Waals surface area contributed by atoms with Crippen LogP contribution in [0, 0.1) is 6.92 Å². The van der Waals surface area contributed by atoms with Gasteiger partial charge in [0.15, 0.2) is 5.11 Å². The molecule has 0 bridgehead atoms. The molecule has 2 heterocycles. The number of benzene rings is 2. The van der Waals surface area contributed by atoms with Crippen molar-refractivity contribution in [3.05, 3.63) is 81.6 Å². The predicted molar refractivity (Wildman–Crippen MR) is 125 cm³/mol. The van der Waals surface area contributed by atoms with Gasteiger partial charge in [0.2, 0.25) is 0 Å². The van der Waals surface area contributed by atoms with E-state index in [1.807, 2.05) is 30.3 Å². The molecule has 4 rings (SSSR count). The number of rotatable bonds is 5. The van der Waals surface area contributed by atoms with Gasteiger partial charge < -0.3 is 9.84 Å². The maximum atomic E-state index is 13.2. The average Bonchev–Trinajstić information content (AvgIpc) is 3.13. The van der Waals surface area contributed by atoms with Crippen LogP contribution in [0.3, 0.4) is 0 Å². The molecule has 3 aromatic rings. The topological polar surface area (TPSA) is 95.9 Å². The standard InChI is InChI=1S/C23H16N2O5S2/c1-13-11-17(22(28)29)19(32-13)12-18-20(26)24-23(31)25(21(18)27)14-7-9-16(10-8-14)30-15-5-3-2-4-6-15/h2-12H,1H3,(H,28,29)(H,24,26,31). The molecule has 7 nitrogen and oxygen atoms in total. The first-order chi connectivity index (χ1) is 15.3. The van der Waals surface area contributed by atoms with Crippen LogP contribution in [0.15, 0.2) is 66.2 Å². The maximum absolute atomic E-state index is 13.2. The molecule has 2 aromatic carbocycles. The van der Waals surface area contributed by atoms with Gasteiger partial charge in [0.05, 0.1) is 11.3 Å². The predicted octanol–water partition coefficient (Wildman–Crippen LogP) is 4.38. The highest BCUT2D eigenvalue weighted by Gasteiger charge is 2.35. The number of carbonyl (C=O) groups excluding carboxylic acids is 2. The number of hydrogen-bond acceptors (Lipinski definition) is 6. The van der Waals surface area contributed by atoms with E-state index in [1.54, 1.807) is 31.2 Å². The summed E-state index contributed by atoms with van der Waals surface area (Å²) in [6.45, 7) is 1.75. The molecule has 0 saturated carbocycles. The number of ether oxygens (including phenoxy) is 1. The van der Waals surface area contributed by atoms with Gasteiger partial charge in [-0.1, -0.05) is 18.2 Å². The van der Waals surface area contributed by atoms with Crippen molar-refractivity contribution in [3.63, 3.8) is 0 Å². The number of hydrogen-bond donors (Lipinski definition) is 2. The third kappa shape index (κ3) is 4.29. The summed E-state index contributed by atoms with van der Waals surface area (Å²) in [4.78, 5) is 39.4. The lowest BCUT2D eigenvalue weighted by molar-refractivity contribution is -0.122. The van der Waals surface area contributed by atoms with Crippen molar-refractivity contribution in [1.82, 2.24) is 5.32 Å². The minimum atomic E-state index is -1.13. The minimum Gasteiger partial charge on any atom is -0.478 e. The zero-order valence-electron chi connectivity index (χ0n) is 16.7. The first-order valence-corrected chi connectivity index (χ1v) is 10.6. The van der Waals surface area contributed by atoms with E-state index in [1.165, 1.54) is 28.4 Å². The molecule has 32 heavy (non-hydrogen) atoms. The number of thiocarbonyl (C=S) groups is 1. The van der Waals surface area contributed by atoms with Gasteiger partial charge in [-0.15, -0.1) is 11.3 Å². The number of amides is 2. The Morgan fingerprint density at radius 1 is 1.09 bits per heavy atom. The summed E-state index contributed by atoms with van der Waals surface area (Å²) >= 11 is 6.40. The van der Waals surface area contributed by atoms with Gasteiger partial charge in [-0.2, -0.15) is 0 Å². The van der Waals surface area contributed by atoms with E-state index in [0.717, 1.165) is 4.88 Å². The van der Waals surface area contributed by atoms with Crippen LogP contribution in [0.5, 0.6) is 11.5 Å². The SMILES string of the molecule is Cc1cc(C(=O)O)c(C=C2C(=O)NC(=S)N(c3ccc(Oc4ccccc4)cc3)C2=O)s1. The summed E-state index contributed by atoms with van der Waals surface area (Å²) in [6.07, 6.45) is 1.29. The van der Waals surface area contributed by atoms with E-state index in [4.69, 9.17) is 17.0 Å². The highest BCUT2D eigenvalue weighted by Crippen LogP contribution is 2.29. The number of aromatic carboxylic acids is 1.